The van der Waals surface area contributed by atoms with E-state index in [1.54, 1.807) is 12.4 Å². The smallest absolute Gasteiger partial charge is 0.223 e. The van der Waals surface area contributed by atoms with Gasteiger partial charge in [-0.25, -0.2) is 0 Å². The van der Waals surface area contributed by atoms with E-state index in [-0.39, 0.29) is 17.9 Å². The van der Waals surface area contributed by atoms with Crippen LogP contribution in [0.5, 0.6) is 0 Å². The van der Waals surface area contributed by atoms with Crippen molar-refractivity contribution in [3.63, 3.8) is 0 Å². The van der Waals surface area contributed by atoms with E-state index in [9.17, 15) is 4.79 Å². The Balaban J connectivity index is 1.96. The molecule has 0 aromatic carbocycles. The molecule has 104 valence electrons. The van der Waals surface area contributed by atoms with Crippen LogP contribution < -0.4 is 11.1 Å². The van der Waals surface area contributed by atoms with Gasteiger partial charge in [0.1, 0.15) is 0 Å². The average Bonchev–Trinajstić information content (AvgIpc) is 2.48. The summed E-state index contributed by atoms with van der Waals surface area (Å²) in [5, 5.41) is 3.10. The zero-order chi connectivity index (χ0) is 13.7. The lowest BCUT2D eigenvalue weighted by atomic mass is 9.78. The van der Waals surface area contributed by atoms with Crippen molar-refractivity contribution < 1.29 is 4.79 Å². The maximum atomic E-state index is 12.4. The molecule has 1 aliphatic carbocycles. The summed E-state index contributed by atoms with van der Waals surface area (Å²) in [4.78, 5) is 16.4. The lowest BCUT2D eigenvalue weighted by Gasteiger charge is -2.30. The fourth-order valence-corrected chi connectivity index (χ4v) is 2.87. The van der Waals surface area contributed by atoms with E-state index in [2.05, 4.69) is 10.3 Å². The van der Waals surface area contributed by atoms with Crippen LogP contribution in [-0.4, -0.2) is 17.4 Å². The lowest BCUT2D eigenvalue weighted by molar-refractivity contribution is -0.128. The minimum absolute atomic E-state index is 0.00144. The van der Waals surface area contributed by atoms with Crippen LogP contribution in [0.4, 0.5) is 0 Å². The van der Waals surface area contributed by atoms with E-state index in [1.807, 2.05) is 19.1 Å². The number of pyridine rings is 1. The molecule has 0 saturated heterocycles. The molecule has 1 amide bonds. The van der Waals surface area contributed by atoms with Crippen molar-refractivity contribution in [2.24, 2.45) is 17.6 Å². The zero-order valence-electron chi connectivity index (χ0n) is 11.5. The molecule has 3 atom stereocenters. The van der Waals surface area contributed by atoms with Gasteiger partial charge in [-0.15, -0.1) is 0 Å². The third-order valence-corrected chi connectivity index (χ3v) is 4.09. The standard InChI is InChI=1S/C15H23N3O/c1-11(13-6-4-8-17-10-13)18-15(19)14-7-3-2-5-12(14)9-16/h4,6,8,10-12,14H,2-3,5,7,9,16H2,1H3,(H,18,19). The highest BCUT2D eigenvalue weighted by Gasteiger charge is 2.30. The maximum absolute atomic E-state index is 12.4. The summed E-state index contributed by atoms with van der Waals surface area (Å²) in [5.41, 5.74) is 6.82. The maximum Gasteiger partial charge on any atom is 0.223 e. The predicted molar refractivity (Wildman–Crippen MR) is 75.3 cm³/mol. The van der Waals surface area contributed by atoms with Crippen LogP contribution in [0.15, 0.2) is 24.5 Å². The molecule has 1 aromatic rings. The van der Waals surface area contributed by atoms with Crippen molar-refractivity contribution in [3.05, 3.63) is 30.1 Å². The molecule has 0 spiro atoms. The second kappa shape index (κ2) is 6.66. The van der Waals surface area contributed by atoms with Gasteiger partial charge in [-0.3, -0.25) is 9.78 Å². The molecule has 2 rings (SSSR count). The summed E-state index contributed by atoms with van der Waals surface area (Å²) in [6.45, 7) is 2.61. The van der Waals surface area contributed by atoms with Crippen molar-refractivity contribution in [1.82, 2.24) is 10.3 Å². The second-order valence-corrected chi connectivity index (χ2v) is 5.40. The topological polar surface area (TPSA) is 68.0 Å². The third kappa shape index (κ3) is 3.53. The molecule has 3 unspecified atom stereocenters. The SMILES string of the molecule is CC(NC(=O)C1CCCCC1CN)c1cccnc1. The Kier molecular flexibility index (Phi) is 4.91. The Morgan fingerprint density at radius 3 is 3.00 bits per heavy atom. The van der Waals surface area contributed by atoms with Crippen LogP contribution >= 0.6 is 0 Å². The van der Waals surface area contributed by atoms with Gasteiger partial charge in [0, 0.05) is 18.3 Å². The highest BCUT2D eigenvalue weighted by molar-refractivity contribution is 5.79. The summed E-state index contributed by atoms with van der Waals surface area (Å²) in [5.74, 6) is 0.569. The molecule has 0 aliphatic heterocycles. The fraction of sp³-hybridized carbons (Fsp3) is 0.600. The molecule has 1 saturated carbocycles. The quantitative estimate of drug-likeness (QED) is 0.871. The Hall–Kier alpha value is -1.42. The number of carbonyl (C=O) groups excluding carboxylic acids is 1. The molecular weight excluding hydrogens is 238 g/mol. The number of hydrogen-bond donors (Lipinski definition) is 2. The molecule has 1 aromatic heterocycles. The number of aromatic nitrogens is 1. The number of carbonyl (C=O) groups is 1. The molecule has 0 radical (unpaired) electrons. The van der Waals surface area contributed by atoms with Crippen LogP contribution in [0.1, 0.15) is 44.2 Å². The monoisotopic (exact) mass is 261 g/mol. The van der Waals surface area contributed by atoms with Gasteiger partial charge in [-0.1, -0.05) is 18.9 Å². The van der Waals surface area contributed by atoms with Gasteiger partial charge in [0.05, 0.1) is 6.04 Å². The Morgan fingerprint density at radius 2 is 2.32 bits per heavy atom. The normalized spacial score (nSPS) is 24.7. The molecule has 1 aliphatic rings. The molecule has 4 nitrogen and oxygen atoms in total. The van der Waals surface area contributed by atoms with Crippen molar-refractivity contribution in [2.45, 2.75) is 38.6 Å². The summed E-state index contributed by atoms with van der Waals surface area (Å²) < 4.78 is 0. The summed E-state index contributed by atoms with van der Waals surface area (Å²) in [7, 11) is 0. The summed E-state index contributed by atoms with van der Waals surface area (Å²) in [6.07, 6.45) is 7.92. The van der Waals surface area contributed by atoms with Gasteiger partial charge in [0.2, 0.25) is 5.91 Å². The lowest BCUT2D eigenvalue weighted by Crippen LogP contribution is -2.40. The van der Waals surface area contributed by atoms with E-state index in [0.717, 1.165) is 24.8 Å². The minimum Gasteiger partial charge on any atom is -0.349 e. The van der Waals surface area contributed by atoms with Gasteiger partial charge in [-0.05, 0) is 43.9 Å². The third-order valence-electron chi connectivity index (χ3n) is 4.09. The van der Waals surface area contributed by atoms with Crippen LogP contribution in [0, 0.1) is 11.8 Å². The number of rotatable bonds is 4. The Bertz CT molecular complexity index is 407. The van der Waals surface area contributed by atoms with E-state index in [1.165, 1.54) is 6.42 Å². The fourth-order valence-electron chi connectivity index (χ4n) is 2.87. The summed E-state index contributed by atoms with van der Waals surface area (Å²) in [6, 6.07) is 3.88. The van der Waals surface area contributed by atoms with Gasteiger partial charge in [-0.2, -0.15) is 0 Å². The van der Waals surface area contributed by atoms with Crippen LogP contribution in [0.2, 0.25) is 0 Å². The van der Waals surface area contributed by atoms with E-state index in [4.69, 9.17) is 5.73 Å². The van der Waals surface area contributed by atoms with Crippen molar-refractivity contribution in [2.75, 3.05) is 6.54 Å². The number of nitrogens with zero attached hydrogens (tertiary/aromatic N) is 1. The first kappa shape index (κ1) is 14.0. The average molecular weight is 261 g/mol. The molecule has 0 bridgehead atoms. The van der Waals surface area contributed by atoms with Crippen LogP contribution in [-0.2, 0) is 4.79 Å². The zero-order valence-corrected chi connectivity index (χ0v) is 11.5. The first-order chi connectivity index (χ1) is 9.22. The Morgan fingerprint density at radius 1 is 1.53 bits per heavy atom. The summed E-state index contributed by atoms with van der Waals surface area (Å²) >= 11 is 0. The van der Waals surface area contributed by atoms with Crippen molar-refractivity contribution in [3.8, 4) is 0 Å². The predicted octanol–water partition coefficient (Wildman–Crippen LogP) is 2.02. The van der Waals surface area contributed by atoms with Crippen LogP contribution in [0.3, 0.4) is 0 Å². The Labute approximate surface area is 114 Å². The van der Waals surface area contributed by atoms with Gasteiger partial charge in [0.15, 0.2) is 0 Å². The largest absolute Gasteiger partial charge is 0.349 e. The number of amides is 1. The molecule has 19 heavy (non-hydrogen) atoms. The second-order valence-electron chi connectivity index (χ2n) is 5.40. The van der Waals surface area contributed by atoms with Gasteiger partial charge in [0.25, 0.3) is 0 Å². The number of nitrogens with two attached hydrogens (primary N) is 1. The van der Waals surface area contributed by atoms with Crippen molar-refractivity contribution >= 4 is 5.91 Å². The van der Waals surface area contributed by atoms with E-state index in [0.29, 0.717) is 12.5 Å². The molecule has 3 N–H and O–H groups in total. The number of nitrogens with one attached hydrogen (secondary N) is 1. The van der Waals surface area contributed by atoms with E-state index < -0.39 is 0 Å². The molecule has 1 fully saturated rings. The van der Waals surface area contributed by atoms with Gasteiger partial charge >= 0.3 is 0 Å². The first-order valence-electron chi connectivity index (χ1n) is 7.12. The van der Waals surface area contributed by atoms with E-state index >= 15 is 0 Å². The first-order valence-corrected chi connectivity index (χ1v) is 7.12. The van der Waals surface area contributed by atoms with Crippen molar-refractivity contribution in [1.29, 1.82) is 0 Å². The molecular formula is C15H23N3O. The minimum atomic E-state index is 0.00144. The molecule has 4 heteroatoms. The molecule has 1 heterocycles. The van der Waals surface area contributed by atoms with Gasteiger partial charge < -0.3 is 11.1 Å². The van der Waals surface area contributed by atoms with Crippen LogP contribution in [0.25, 0.3) is 0 Å². The number of hydrogen-bond acceptors (Lipinski definition) is 3. The highest BCUT2D eigenvalue weighted by Crippen LogP contribution is 2.30. The highest BCUT2D eigenvalue weighted by atomic mass is 16.1.